The molecule has 2 aromatic rings. The fourth-order valence-corrected chi connectivity index (χ4v) is 3.50. The zero-order valence-corrected chi connectivity index (χ0v) is 14.6. The second-order valence-electron chi connectivity index (χ2n) is 6.68. The minimum Gasteiger partial charge on any atom is -0.334 e. The third-order valence-electron chi connectivity index (χ3n) is 4.85. The van der Waals surface area contributed by atoms with Crippen LogP contribution in [-0.2, 0) is 0 Å². The third kappa shape index (κ3) is 3.06. The molecule has 2 N–H and O–H groups in total. The highest BCUT2D eigenvalue weighted by Crippen LogP contribution is 2.26. The summed E-state index contributed by atoms with van der Waals surface area (Å²) in [5.41, 5.74) is 8.43. The van der Waals surface area contributed by atoms with Crippen molar-refractivity contribution in [1.29, 1.82) is 0 Å². The van der Waals surface area contributed by atoms with Crippen LogP contribution in [0.2, 0.25) is 0 Å². The minimum absolute atomic E-state index is 0.0313. The van der Waals surface area contributed by atoms with Crippen LogP contribution in [0, 0.1) is 19.8 Å². The zero-order chi connectivity index (χ0) is 17.3. The SMILES string of the molecule is Cc1ccc(-n2cnc(C)n2)c(C(=O)N2CCCC(C)[C@H]2CN)c1. The summed E-state index contributed by atoms with van der Waals surface area (Å²) < 4.78 is 1.67. The number of nitrogens with zero attached hydrogens (tertiary/aromatic N) is 4. The van der Waals surface area contributed by atoms with Crippen LogP contribution in [-0.4, -0.2) is 44.7 Å². The van der Waals surface area contributed by atoms with Gasteiger partial charge in [0.25, 0.3) is 5.91 Å². The Morgan fingerprint density at radius 3 is 2.83 bits per heavy atom. The predicted octanol–water partition coefficient (Wildman–Crippen LogP) is 2.08. The van der Waals surface area contributed by atoms with Crippen molar-refractivity contribution in [3.63, 3.8) is 0 Å². The van der Waals surface area contributed by atoms with Gasteiger partial charge in [-0.15, -0.1) is 0 Å². The van der Waals surface area contributed by atoms with Gasteiger partial charge in [0, 0.05) is 19.1 Å². The highest BCUT2D eigenvalue weighted by Gasteiger charge is 2.32. The molecular formula is C18H25N5O. The molecule has 6 nitrogen and oxygen atoms in total. The lowest BCUT2D eigenvalue weighted by atomic mass is 9.90. The Morgan fingerprint density at radius 1 is 1.38 bits per heavy atom. The molecule has 0 saturated carbocycles. The van der Waals surface area contributed by atoms with E-state index >= 15 is 0 Å². The zero-order valence-electron chi connectivity index (χ0n) is 14.6. The minimum atomic E-state index is 0.0313. The normalized spacial score (nSPS) is 21.1. The Bertz CT molecular complexity index is 739. The first-order valence-electron chi connectivity index (χ1n) is 8.51. The van der Waals surface area contributed by atoms with Crippen molar-refractivity contribution in [2.45, 2.75) is 39.7 Å². The molecule has 1 unspecified atom stereocenters. The van der Waals surface area contributed by atoms with E-state index in [1.54, 1.807) is 11.0 Å². The van der Waals surface area contributed by atoms with E-state index in [1.165, 1.54) is 0 Å². The first kappa shape index (κ1) is 16.6. The molecular weight excluding hydrogens is 302 g/mol. The van der Waals surface area contributed by atoms with Gasteiger partial charge in [0.15, 0.2) is 0 Å². The van der Waals surface area contributed by atoms with Gasteiger partial charge in [-0.25, -0.2) is 9.67 Å². The fraction of sp³-hybridized carbons (Fsp3) is 0.500. The molecule has 1 aliphatic rings. The monoisotopic (exact) mass is 327 g/mol. The molecule has 128 valence electrons. The first-order chi connectivity index (χ1) is 11.5. The quantitative estimate of drug-likeness (QED) is 0.936. The highest BCUT2D eigenvalue weighted by molar-refractivity contribution is 5.98. The lowest BCUT2D eigenvalue weighted by molar-refractivity contribution is 0.0532. The van der Waals surface area contributed by atoms with E-state index in [0.717, 1.165) is 30.6 Å². The van der Waals surface area contributed by atoms with E-state index in [1.807, 2.05) is 36.9 Å². The predicted molar refractivity (Wildman–Crippen MR) is 93.1 cm³/mol. The molecule has 0 radical (unpaired) electrons. The summed E-state index contributed by atoms with van der Waals surface area (Å²) in [6.45, 7) is 7.26. The number of hydrogen-bond acceptors (Lipinski definition) is 4. The summed E-state index contributed by atoms with van der Waals surface area (Å²) >= 11 is 0. The number of rotatable bonds is 3. The number of piperidine rings is 1. The van der Waals surface area contributed by atoms with Crippen LogP contribution in [0.4, 0.5) is 0 Å². The van der Waals surface area contributed by atoms with E-state index < -0.39 is 0 Å². The molecule has 24 heavy (non-hydrogen) atoms. The number of aryl methyl sites for hydroxylation is 2. The van der Waals surface area contributed by atoms with Crippen LogP contribution in [0.5, 0.6) is 0 Å². The van der Waals surface area contributed by atoms with Crippen molar-refractivity contribution in [2.75, 3.05) is 13.1 Å². The Labute approximate surface area is 142 Å². The average molecular weight is 327 g/mol. The fourth-order valence-electron chi connectivity index (χ4n) is 3.50. The Kier molecular flexibility index (Phi) is 4.66. The van der Waals surface area contributed by atoms with Gasteiger partial charge in [-0.2, -0.15) is 5.10 Å². The van der Waals surface area contributed by atoms with Crippen molar-refractivity contribution in [2.24, 2.45) is 11.7 Å². The highest BCUT2D eigenvalue weighted by atomic mass is 16.2. The largest absolute Gasteiger partial charge is 0.334 e. The molecule has 1 aliphatic heterocycles. The Morgan fingerprint density at radius 2 is 2.17 bits per heavy atom. The number of amides is 1. The first-order valence-corrected chi connectivity index (χ1v) is 8.51. The smallest absolute Gasteiger partial charge is 0.256 e. The average Bonchev–Trinajstić information content (AvgIpc) is 3.00. The lowest BCUT2D eigenvalue weighted by Gasteiger charge is -2.39. The maximum Gasteiger partial charge on any atom is 0.256 e. The van der Waals surface area contributed by atoms with Crippen LogP contribution in [0.1, 0.15) is 41.5 Å². The van der Waals surface area contributed by atoms with Crippen LogP contribution in [0.15, 0.2) is 24.5 Å². The molecule has 0 spiro atoms. The van der Waals surface area contributed by atoms with Crippen molar-refractivity contribution >= 4 is 5.91 Å². The van der Waals surface area contributed by atoms with Crippen LogP contribution < -0.4 is 5.73 Å². The third-order valence-corrected chi connectivity index (χ3v) is 4.85. The molecule has 1 amide bonds. The van der Waals surface area contributed by atoms with Gasteiger partial charge < -0.3 is 10.6 Å². The summed E-state index contributed by atoms with van der Waals surface area (Å²) in [6, 6.07) is 5.95. The van der Waals surface area contributed by atoms with Crippen molar-refractivity contribution in [1.82, 2.24) is 19.7 Å². The summed E-state index contributed by atoms with van der Waals surface area (Å²) in [6.07, 6.45) is 3.79. The van der Waals surface area contributed by atoms with Gasteiger partial charge in [0.1, 0.15) is 12.2 Å². The van der Waals surface area contributed by atoms with E-state index in [-0.39, 0.29) is 11.9 Å². The Hall–Kier alpha value is -2.21. The number of carbonyl (C=O) groups excluding carboxylic acids is 1. The van der Waals surface area contributed by atoms with Crippen LogP contribution in [0.3, 0.4) is 0 Å². The summed E-state index contributed by atoms with van der Waals surface area (Å²) in [7, 11) is 0. The number of hydrogen-bond donors (Lipinski definition) is 1. The molecule has 0 bridgehead atoms. The van der Waals surface area contributed by atoms with Crippen LogP contribution in [0.25, 0.3) is 5.69 Å². The maximum atomic E-state index is 13.3. The number of carbonyl (C=O) groups is 1. The topological polar surface area (TPSA) is 77.0 Å². The molecule has 0 aliphatic carbocycles. The van der Waals surface area contributed by atoms with Gasteiger partial charge in [0.2, 0.25) is 0 Å². The van der Waals surface area contributed by atoms with E-state index in [0.29, 0.717) is 23.9 Å². The number of aromatic nitrogens is 3. The van der Waals surface area contributed by atoms with Gasteiger partial charge >= 0.3 is 0 Å². The number of nitrogens with two attached hydrogens (primary N) is 1. The summed E-state index contributed by atoms with van der Waals surface area (Å²) in [5.74, 6) is 1.14. The molecule has 2 heterocycles. The van der Waals surface area contributed by atoms with Crippen LogP contribution >= 0.6 is 0 Å². The van der Waals surface area contributed by atoms with Gasteiger partial charge in [-0.05, 0) is 44.7 Å². The molecule has 1 aromatic carbocycles. The molecule has 3 rings (SSSR count). The molecule has 1 aromatic heterocycles. The van der Waals surface area contributed by atoms with Crippen molar-refractivity contribution < 1.29 is 4.79 Å². The van der Waals surface area contributed by atoms with Crippen molar-refractivity contribution in [3.8, 4) is 5.69 Å². The van der Waals surface area contributed by atoms with Crippen molar-refractivity contribution in [3.05, 3.63) is 41.5 Å². The Balaban J connectivity index is 2.01. The molecule has 1 saturated heterocycles. The van der Waals surface area contributed by atoms with E-state index in [2.05, 4.69) is 17.0 Å². The maximum absolute atomic E-state index is 13.3. The second kappa shape index (κ2) is 6.73. The molecule has 1 fully saturated rings. The van der Waals surface area contributed by atoms with E-state index in [4.69, 9.17) is 5.73 Å². The lowest BCUT2D eigenvalue weighted by Crippen LogP contribution is -2.51. The number of benzene rings is 1. The van der Waals surface area contributed by atoms with Gasteiger partial charge in [0.05, 0.1) is 11.3 Å². The standard InChI is InChI=1S/C18H25N5O/c1-12-6-7-16(23-11-20-14(3)21-23)15(9-12)18(24)22-8-4-5-13(2)17(22)10-19/h6-7,9,11,13,17H,4-5,8,10,19H2,1-3H3/t13?,17-/m1/s1. The molecule has 2 atom stereocenters. The second-order valence-corrected chi connectivity index (χ2v) is 6.68. The van der Waals surface area contributed by atoms with Gasteiger partial charge in [-0.1, -0.05) is 18.6 Å². The molecule has 6 heteroatoms. The summed E-state index contributed by atoms with van der Waals surface area (Å²) in [4.78, 5) is 19.4. The number of likely N-dealkylation sites (tertiary alicyclic amines) is 1. The summed E-state index contributed by atoms with van der Waals surface area (Å²) in [5, 5.41) is 4.36. The van der Waals surface area contributed by atoms with Gasteiger partial charge in [-0.3, -0.25) is 4.79 Å². The van der Waals surface area contributed by atoms with E-state index in [9.17, 15) is 4.79 Å².